The molecule has 2 aromatic carbocycles. The van der Waals surface area contributed by atoms with Gasteiger partial charge in [0.15, 0.2) is 5.96 Å². The maximum absolute atomic E-state index is 13.0. The van der Waals surface area contributed by atoms with Gasteiger partial charge in [-0.3, -0.25) is 0 Å². The van der Waals surface area contributed by atoms with Gasteiger partial charge in [0.1, 0.15) is 0 Å². The van der Waals surface area contributed by atoms with Gasteiger partial charge in [-0.25, -0.2) is 4.99 Å². The Balaban J connectivity index is 2.15. The average molecular weight is 372 g/mol. The van der Waals surface area contributed by atoms with Crippen LogP contribution in [-0.4, -0.2) is 5.96 Å². The number of hydrogen-bond donors (Lipinski definition) is 2. The third-order valence-electron chi connectivity index (χ3n) is 2.84. The van der Waals surface area contributed by atoms with E-state index in [0.717, 1.165) is 11.8 Å². The van der Waals surface area contributed by atoms with Crippen molar-refractivity contribution >= 4 is 27.6 Å². The lowest BCUT2D eigenvalue weighted by molar-refractivity contribution is -0.138. The molecule has 0 spiro atoms. The SMILES string of the molecule is NC(=NCc1ccc(Br)cc1C(F)(F)F)Nc1ccccc1. The first-order valence-electron chi connectivity index (χ1n) is 6.34. The highest BCUT2D eigenvalue weighted by molar-refractivity contribution is 9.10. The van der Waals surface area contributed by atoms with Crippen LogP contribution in [0.2, 0.25) is 0 Å². The molecule has 2 aromatic rings. The number of rotatable bonds is 3. The summed E-state index contributed by atoms with van der Waals surface area (Å²) in [6.07, 6.45) is -4.43. The van der Waals surface area contributed by atoms with Gasteiger partial charge in [-0.05, 0) is 29.8 Å². The number of nitrogens with one attached hydrogen (secondary N) is 1. The summed E-state index contributed by atoms with van der Waals surface area (Å²) in [5.74, 6) is 0.0576. The Labute approximate surface area is 134 Å². The van der Waals surface area contributed by atoms with E-state index in [9.17, 15) is 13.2 Å². The normalized spacial score (nSPS) is 12.3. The van der Waals surface area contributed by atoms with Crippen molar-refractivity contribution in [1.82, 2.24) is 0 Å². The van der Waals surface area contributed by atoms with E-state index in [4.69, 9.17) is 5.73 Å². The van der Waals surface area contributed by atoms with Crippen LogP contribution >= 0.6 is 15.9 Å². The van der Waals surface area contributed by atoms with Gasteiger partial charge in [-0.1, -0.05) is 40.2 Å². The number of guanidine groups is 1. The maximum atomic E-state index is 13.0. The molecule has 3 nitrogen and oxygen atoms in total. The topological polar surface area (TPSA) is 50.4 Å². The van der Waals surface area contributed by atoms with Crippen LogP contribution in [0.1, 0.15) is 11.1 Å². The number of halogens is 4. The summed E-state index contributed by atoms with van der Waals surface area (Å²) in [6.45, 7) is -0.159. The predicted molar refractivity (Wildman–Crippen MR) is 84.5 cm³/mol. The Kier molecular flexibility index (Phi) is 5.07. The van der Waals surface area contributed by atoms with E-state index >= 15 is 0 Å². The monoisotopic (exact) mass is 371 g/mol. The molecule has 0 aliphatic heterocycles. The average Bonchev–Trinajstić information content (AvgIpc) is 2.46. The summed E-state index contributed by atoms with van der Waals surface area (Å²) in [5, 5.41) is 2.82. The van der Waals surface area contributed by atoms with Gasteiger partial charge < -0.3 is 11.1 Å². The summed E-state index contributed by atoms with van der Waals surface area (Å²) in [5.41, 5.74) is 5.75. The maximum Gasteiger partial charge on any atom is 0.416 e. The highest BCUT2D eigenvalue weighted by Gasteiger charge is 2.33. The smallest absolute Gasteiger partial charge is 0.370 e. The fourth-order valence-electron chi connectivity index (χ4n) is 1.83. The molecule has 0 saturated heterocycles. The van der Waals surface area contributed by atoms with E-state index in [-0.39, 0.29) is 18.1 Å². The van der Waals surface area contributed by atoms with Gasteiger partial charge in [-0.15, -0.1) is 0 Å². The number of nitrogens with zero attached hydrogens (tertiary/aromatic N) is 1. The number of aliphatic imine (C=N–C) groups is 1. The number of benzene rings is 2. The zero-order chi connectivity index (χ0) is 16.2. The molecule has 22 heavy (non-hydrogen) atoms. The van der Waals surface area contributed by atoms with E-state index in [1.165, 1.54) is 6.07 Å². The lowest BCUT2D eigenvalue weighted by Crippen LogP contribution is -2.22. The highest BCUT2D eigenvalue weighted by Crippen LogP contribution is 2.34. The summed E-state index contributed by atoms with van der Waals surface area (Å²) in [6, 6.07) is 13.0. The van der Waals surface area contributed by atoms with E-state index in [1.807, 2.05) is 18.2 Å². The Hall–Kier alpha value is -2.02. The third kappa shape index (κ3) is 4.49. The standard InChI is InChI=1S/C15H13BrF3N3/c16-11-7-6-10(13(8-11)15(17,18)19)9-21-14(20)22-12-4-2-1-3-5-12/h1-8H,9H2,(H3,20,21,22). The minimum atomic E-state index is -4.43. The largest absolute Gasteiger partial charge is 0.416 e. The van der Waals surface area contributed by atoms with E-state index in [1.54, 1.807) is 18.2 Å². The fourth-order valence-corrected chi connectivity index (χ4v) is 2.19. The van der Waals surface area contributed by atoms with Gasteiger partial charge >= 0.3 is 6.18 Å². The van der Waals surface area contributed by atoms with Crippen molar-refractivity contribution in [3.8, 4) is 0 Å². The van der Waals surface area contributed by atoms with E-state index in [0.29, 0.717) is 4.47 Å². The number of nitrogens with two attached hydrogens (primary N) is 1. The van der Waals surface area contributed by atoms with Crippen LogP contribution in [-0.2, 0) is 12.7 Å². The Morgan fingerprint density at radius 2 is 1.82 bits per heavy atom. The Morgan fingerprint density at radius 1 is 1.14 bits per heavy atom. The number of anilines is 1. The van der Waals surface area contributed by atoms with Crippen LogP contribution in [0.5, 0.6) is 0 Å². The van der Waals surface area contributed by atoms with Crippen LogP contribution in [0, 0.1) is 0 Å². The third-order valence-corrected chi connectivity index (χ3v) is 3.34. The molecule has 0 amide bonds. The van der Waals surface area contributed by atoms with Crippen LogP contribution in [0.4, 0.5) is 18.9 Å². The number of para-hydroxylation sites is 1. The van der Waals surface area contributed by atoms with Crippen molar-refractivity contribution in [2.24, 2.45) is 10.7 Å². The molecule has 116 valence electrons. The van der Waals surface area contributed by atoms with Crippen molar-refractivity contribution in [2.45, 2.75) is 12.7 Å². The van der Waals surface area contributed by atoms with Gasteiger partial charge in [0, 0.05) is 10.2 Å². The molecule has 0 aromatic heterocycles. The first kappa shape index (κ1) is 16.4. The van der Waals surface area contributed by atoms with Crippen LogP contribution in [0.15, 0.2) is 58.0 Å². The molecule has 0 saturated carbocycles. The second-order valence-electron chi connectivity index (χ2n) is 4.49. The number of hydrogen-bond acceptors (Lipinski definition) is 1. The number of alkyl halides is 3. The molecular formula is C15H13BrF3N3. The summed E-state index contributed by atoms with van der Waals surface area (Å²) in [4.78, 5) is 3.96. The quantitative estimate of drug-likeness (QED) is 0.620. The first-order valence-corrected chi connectivity index (χ1v) is 7.13. The Bertz CT molecular complexity index is 669. The second kappa shape index (κ2) is 6.83. The minimum Gasteiger partial charge on any atom is -0.370 e. The molecule has 0 aliphatic carbocycles. The molecule has 0 unspecified atom stereocenters. The molecule has 3 N–H and O–H groups in total. The van der Waals surface area contributed by atoms with Crippen LogP contribution < -0.4 is 11.1 Å². The molecule has 0 heterocycles. The second-order valence-corrected chi connectivity index (χ2v) is 5.41. The van der Waals surface area contributed by atoms with Gasteiger partial charge in [0.25, 0.3) is 0 Å². The van der Waals surface area contributed by atoms with Gasteiger partial charge in [-0.2, -0.15) is 13.2 Å². The zero-order valence-electron chi connectivity index (χ0n) is 11.4. The van der Waals surface area contributed by atoms with Gasteiger partial charge in [0.2, 0.25) is 0 Å². The predicted octanol–water partition coefficient (Wildman–Crippen LogP) is 4.39. The van der Waals surface area contributed by atoms with Crippen LogP contribution in [0.3, 0.4) is 0 Å². The van der Waals surface area contributed by atoms with Crippen molar-refractivity contribution < 1.29 is 13.2 Å². The molecule has 2 rings (SSSR count). The molecule has 0 radical (unpaired) electrons. The van der Waals surface area contributed by atoms with Crippen molar-refractivity contribution in [2.75, 3.05) is 5.32 Å². The minimum absolute atomic E-state index is 0.0576. The van der Waals surface area contributed by atoms with E-state index in [2.05, 4.69) is 26.2 Å². The summed E-state index contributed by atoms with van der Waals surface area (Å²) < 4.78 is 39.3. The molecule has 0 fully saturated rings. The van der Waals surface area contributed by atoms with E-state index < -0.39 is 11.7 Å². The molecular weight excluding hydrogens is 359 g/mol. The lowest BCUT2D eigenvalue weighted by Gasteiger charge is -2.12. The molecule has 0 bridgehead atoms. The first-order chi connectivity index (χ1) is 10.4. The van der Waals surface area contributed by atoms with Crippen molar-refractivity contribution in [3.63, 3.8) is 0 Å². The summed E-state index contributed by atoms with van der Waals surface area (Å²) in [7, 11) is 0. The van der Waals surface area contributed by atoms with Crippen molar-refractivity contribution in [1.29, 1.82) is 0 Å². The fraction of sp³-hybridized carbons (Fsp3) is 0.133. The molecule has 0 aliphatic rings. The lowest BCUT2D eigenvalue weighted by atomic mass is 10.1. The molecule has 7 heteroatoms. The van der Waals surface area contributed by atoms with Gasteiger partial charge in [0.05, 0.1) is 12.1 Å². The Morgan fingerprint density at radius 3 is 2.45 bits per heavy atom. The van der Waals surface area contributed by atoms with Crippen molar-refractivity contribution in [3.05, 3.63) is 64.1 Å². The summed E-state index contributed by atoms with van der Waals surface area (Å²) >= 11 is 3.04. The highest BCUT2D eigenvalue weighted by atomic mass is 79.9. The molecule has 0 atom stereocenters. The van der Waals surface area contributed by atoms with Crippen LogP contribution in [0.25, 0.3) is 0 Å². The zero-order valence-corrected chi connectivity index (χ0v) is 12.9.